The van der Waals surface area contributed by atoms with E-state index in [-0.39, 0.29) is 6.10 Å². The minimum atomic E-state index is 0.238. The quantitative estimate of drug-likeness (QED) is 0.886. The van der Waals surface area contributed by atoms with E-state index in [9.17, 15) is 0 Å². The van der Waals surface area contributed by atoms with Gasteiger partial charge in [-0.05, 0) is 30.2 Å². The Hall–Kier alpha value is -1.96. The number of nitrogens with one attached hydrogen (secondary N) is 1. The van der Waals surface area contributed by atoms with Gasteiger partial charge in [0.1, 0.15) is 11.9 Å². The number of rotatable bonds is 3. The Balaban J connectivity index is 1.62. The number of ether oxygens (including phenoxy) is 1. The van der Waals surface area contributed by atoms with Gasteiger partial charge in [0.25, 0.3) is 0 Å². The van der Waals surface area contributed by atoms with E-state index in [1.54, 1.807) is 0 Å². The summed E-state index contributed by atoms with van der Waals surface area (Å²) < 4.78 is 5.91. The molecule has 0 saturated heterocycles. The Morgan fingerprint density at radius 1 is 1.11 bits per heavy atom. The van der Waals surface area contributed by atoms with Crippen molar-refractivity contribution in [2.75, 3.05) is 11.9 Å². The predicted molar refractivity (Wildman–Crippen MR) is 74.2 cm³/mol. The minimum absolute atomic E-state index is 0.238. The number of hydrogen-bond acceptors (Lipinski definition) is 2. The Morgan fingerprint density at radius 3 is 2.72 bits per heavy atom. The zero-order valence-electron chi connectivity index (χ0n) is 10.5. The summed E-state index contributed by atoms with van der Waals surface area (Å²) in [5.41, 5.74) is 3.78. The van der Waals surface area contributed by atoms with Crippen molar-refractivity contribution >= 4 is 5.69 Å². The average molecular weight is 239 g/mol. The average Bonchev–Trinajstić information content (AvgIpc) is 2.80. The van der Waals surface area contributed by atoms with Gasteiger partial charge >= 0.3 is 0 Å². The lowest BCUT2D eigenvalue weighted by Crippen LogP contribution is -2.24. The van der Waals surface area contributed by atoms with Gasteiger partial charge < -0.3 is 10.1 Å². The third kappa shape index (κ3) is 2.19. The first-order chi connectivity index (χ1) is 8.83. The molecule has 0 saturated carbocycles. The summed E-state index contributed by atoms with van der Waals surface area (Å²) in [5, 5.41) is 3.46. The molecule has 18 heavy (non-hydrogen) atoms. The molecule has 0 aliphatic carbocycles. The normalized spacial score (nSPS) is 17.1. The van der Waals surface area contributed by atoms with Gasteiger partial charge in [0, 0.05) is 12.1 Å². The fraction of sp³-hybridized carbons (Fsp3) is 0.250. The topological polar surface area (TPSA) is 21.3 Å². The van der Waals surface area contributed by atoms with Crippen molar-refractivity contribution < 1.29 is 4.74 Å². The van der Waals surface area contributed by atoms with Crippen LogP contribution in [0.1, 0.15) is 11.1 Å². The van der Waals surface area contributed by atoms with Crippen molar-refractivity contribution in [3.8, 4) is 5.75 Å². The number of anilines is 1. The van der Waals surface area contributed by atoms with Crippen LogP contribution in [0.3, 0.4) is 0 Å². The van der Waals surface area contributed by atoms with Gasteiger partial charge in [-0.25, -0.2) is 0 Å². The van der Waals surface area contributed by atoms with Crippen molar-refractivity contribution in [3.63, 3.8) is 0 Å². The van der Waals surface area contributed by atoms with E-state index in [0.29, 0.717) is 0 Å². The second kappa shape index (κ2) is 4.73. The van der Waals surface area contributed by atoms with Crippen LogP contribution in [0.25, 0.3) is 0 Å². The Kier molecular flexibility index (Phi) is 2.93. The van der Waals surface area contributed by atoms with Crippen molar-refractivity contribution in [2.24, 2.45) is 0 Å². The molecule has 0 aromatic heterocycles. The molecule has 92 valence electrons. The fourth-order valence-electron chi connectivity index (χ4n) is 2.36. The Morgan fingerprint density at radius 2 is 1.89 bits per heavy atom. The van der Waals surface area contributed by atoms with E-state index in [2.05, 4.69) is 48.6 Å². The molecular weight excluding hydrogens is 222 g/mol. The van der Waals surface area contributed by atoms with Gasteiger partial charge in [-0.3, -0.25) is 0 Å². The summed E-state index contributed by atoms with van der Waals surface area (Å²) in [6.07, 6.45) is 1.23. The molecule has 2 aromatic rings. The third-order valence-electron chi connectivity index (χ3n) is 3.38. The molecule has 2 nitrogen and oxygen atoms in total. The maximum atomic E-state index is 5.91. The molecule has 1 aliphatic rings. The van der Waals surface area contributed by atoms with Crippen LogP contribution in [0.2, 0.25) is 0 Å². The summed E-state index contributed by atoms with van der Waals surface area (Å²) in [5.74, 6) is 1.04. The van der Waals surface area contributed by atoms with Crippen LogP contribution in [0.15, 0.2) is 48.5 Å². The van der Waals surface area contributed by atoms with E-state index in [1.807, 2.05) is 12.1 Å². The smallest absolute Gasteiger partial charge is 0.123 e. The van der Waals surface area contributed by atoms with Gasteiger partial charge in [-0.1, -0.05) is 36.4 Å². The summed E-state index contributed by atoms with van der Waals surface area (Å²) in [4.78, 5) is 0. The molecule has 1 unspecified atom stereocenters. The van der Waals surface area contributed by atoms with Crippen LogP contribution >= 0.6 is 0 Å². The summed E-state index contributed by atoms with van der Waals surface area (Å²) in [6.45, 7) is 2.96. The van der Waals surface area contributed by atoms with Crippen molar-refractivity contribution in [1.29, 1.82) is 0 Å². The number of fused-ring (bicyclic) bond motifs is 1. The highest BCUT2D eigenvalue weighted by Gasteiger charge is 2.21. The van der Waals surface area contributed by atoms with Crippen LogP contribution in [-0.2, 0) is 6.42 Å². The molecule has 0 bridgehead atoms. The number of aryl methyl sites for hydroxylation is 1. The second-order valence-corrected chi connectivity index (χ2v) is 4.75. The fourth-order valence-corrected chi connectivity index (χ4v) is 2.36. The lowest BCUT2D eigenvalue weighted by atomic mass is 10.1. The molecule has 0 fully saturated rings. The summed E-state index contributed by atoms with van der Waals surface area (Å²) in [6, 6.07) is 16.6. The highest BCUT2D eigenvalue weighted by molar-refractivity contribution is 5.50. The van der Waals surface area contributed by atoms with E-state index >= 15 is 0 Å². The minimum Gasteiger partial charge on any atom is -0.488 e. The van der Waals surface area contributed by atoms with Gasteiger partial charge in [0.2, 0.25) is 0 Å². The zero-order valence-corrected chi connectivity index (χ0v) is 10.5. The van der Waals surface area contributed by atoms with E-state index < -0.39 is 0 Å². The van der Waals surface area contributed by atoms with Crippen molar-refractivity contribution in [2.45, 2.75) is 19.4 Å². The van der Waals surface area contributed by atoms with Gasteiger partial charge in [-0.2, -0.15) is 0 Å². The molecule has 2 heteroatoms. The van der Waals surface area contributed by atoms with Crippen LogP contribution < -0.4 is 10.1 Å². The SMILES string of the molecule is Cc1ccccc1NCC1Cc2ccccc2O1. The monoisotopic (exact) mass is 239 g/mol. The van der Waals surface area contributed by atoms with Crippen molar-refractivity contribution in [1.82, 2.24) is 0 Å². The summed E-state index contributed by atoms with van der Waals surface area (Å²) in [7, 11) is 0. The first-order valence-corrected chi connectivity index (χ1v) is 6.37. The Bertz CT molecular complexity index is 525. The maximum Gasteiger partial charge on any atom is 0.123 e. The van der Waals surface area contributed by atoms with E-state index in [0.717, 1.165) is 18.7 Å². The molecule has 0 radical (unpaired) electrons. The summed E-state index contributed by atoms with van der Waals surface area (Å²) >= 11 is 0. The number of hydrogen-bond donors (Lipinski definition) is 1. The standard InChI is InChI=1S/C16H17NO/c1-12-6-2-4-8-15(12)17-11-14-10-13-7-3-5-9-16(13)18-14/h2-9,14,17H,10-11H2,1H3. The molecule has 0 amide bonds. The molecular formula is C16H17NO. The molecule has 2 aromatic carbocycles. The van der Waals surface area contributed by atoms with Crippen LogP contribution in [0, 0.1) is 6.92 Å². The highest BCUT2D eigenvalue weighted by Crippen LogP contribution is 2.28. The number of benzene rings is 2. The van der Waals surface area contributed by atoms with Crippen LogP contribution in [0.5, 0.6) is 5.75 Å². The zero-order chi connectivity index (χ0) is 12.4. The lowest BCUT2D eigenvalue weighted by molar-refractivity contribution is 0.246. The Labute approximate surface area is 108 Å². The first-order valence-electron chi connectivity index (χ1n) is 6.37. The maximum absolute atomic E-state index is 5.91. The van der Waals surface area contributed by atoms with E-state index in [1.165, 1.54) is 16.8 Å². The predicted octanol–water partition coefficient (Wildman–Crippen LogP) is 3.41. The third-order valence-corrected chi connectivity index (χ3v) is 3.38. The molecule has 1 atom stereocenters. The lowest BCUT2D eigenvalue weighted by Gasteiger charge is -2.14. The number of para-hydroxylation sites is 2. The van der Waals surface area contributed by atoms with Crippen LogP contribution in [0.4, 0.5) is 5.69 Å². The highest BCUT2D eigenvalue weighted by atomic mass is 16.5. The van der Waals surface area contributed by atoms with E-state index in [4.69, 9.17) is 4.74 Å². The molecule has 1 N–H and O–H groups in total. The first kappa shape index (κ1) is 11.1. The van der Waals surface area contributed by atoms with Gasteiger partial charge in [0.15, 0.2) is 0 Å². The molecule has 1 heterocycles. The molecule has 0 spiro atoms. The van der Waals surface area contributed by atoms with Crippen LogP contribution in [-0.4, -0.2) is 12.6 Å². The van der Waals surface area contributed by atoms with Gasteiger partial charge in [-0.15, -0.1) is 0 Å². The molecule has 1 aliphatic heterocycles. The largest absolute Gasteiger partial charge is 0.488 e. The van der Waals surface area contributed by atoms with Gasteiger partial charge in [0.05, 0.1) is 6.54 Å². The molecule has 3 rings (SSSR count). The second-order valence-electron chi connectivity index (χ2n) is 4.75. The van der Waals surface area contributed by atoms with Crippen molar-refractivity contribution in [3.05, 3.63) is 59.7 Å².